The van der Waals surface area contributed by atoms with Crippen LogP contribution in [0.3, 0.4) is 0 Å². The Morgan fingerprint density at radius 3 is 2.04 bits per heavy atom. The first-order valence-corrected chi connectivity index (χ1v) is 29.6. The third kappa shape index (κ3) is 11.3. The van der Waals surface area contributed by atoms with Gasteiger partial charge in [-0.15, -0.1) is 11.8 Å². The van der Waals surface area contributed by atoms with Crippen LogP contribution < -0.4 is 39.0 Å². The highest BCUT2D eigenvalue weighted by molar-refractivity contribution is 8.02. The number of rotatable bonds is 20. The average molecular weight is 1130 g/mol. The summed E-state index contributed by atoms with van der Waals surface area (Å²) in [5.74, 6) is 1.65. The summed E-state index contributed by atoms with van der Waals surface area (Å²) >= 11 is 1.56. The van der Waals surface area contributed by atoms with Crippen LogP contribution in [0.1, 0.15) is 123 Å². The van der Waals surface area contributed by atoms with Crippen molar-refractivity contribution in [2.45, 2.75) is 133 Å². The Morgan fingerprint density at radius 2 is 1.38 bits per heavy atom. The summed E-state index contributed by atoms with van der Waals surface area (Å²) in [6.07, 6.45) is 8.14. The van der Waals surface area contributed by atoms with Crippen LogP contribution in [0.15, 0.2) is 96.0 Å². The second kappa shape index (κ2) is 23.1. The molecule has 1 saturated heterocycles. The molecule has 1 unspecified atom stereocenters. The number of aliphatic hydroxyl groups excluding tert-OH is 1. The lowest BCUT2D eigenvalue weighted by atomic mass is 9.80. The summed E-state index contributed by atoms with van der Waals surface area (Å²) in [7, 11) is 3.11. The van der Waals surface area contributed by atoms with Crippen molar-refractivity contribution < 1.29 is 48.0 Å². The van der Waals surface area contributed by atoms with E-state index in [0.717, 1.165) is 77.8 Å². The normalized spacial score (nSPS) is 20.9. The molecule has 5 aromatic rings. The highest BCUT2D eigenvalue weighted by Gasteiger charge is 2.44. The molecule has 6 aliphatic rings. The van der Waals surface area contributed by atoms with Crippen molar-refractivity contribution in [1.29, 1.82) is 0 Å². The average Bonchev–Trinajstić information content (AvgIpc) is 4.29. The minimum Gasteiger partial charge on any atom is -0.493 e. The Balaban J connectivity index is 0.845. The van der Waals surface area contributed by atoms with Gasteiger partial charge in [-0.2, -0.15) is 0 Å². The molecule has 11 rings (SSSR count). The van der Waals surface area contributed by atoms with Crippen molar-refractivity contribution in [3.63, 3.8) is 0 Å². The molecule has 5 heterocycles. The predicted octanol–water partition coefficient (Wildman–Crippen LogP) is 10.5. The molecule has 5 aliphatic heterocycles. The monoisotopic (exact) mass is 1130 g/mol. The Kier molecular flexibility index (Phi) is 15.9. The zero-order valence-corrected chi connectivity index (χ0v) is 48.8. The summed E-state index contributed by atoms with van der Waals surface area (Å²) in [5, 5.41) is 14.1. The number of aliphatic hydroxyl groups is 1. The first-order valence-electron chi connectivity index (χ1n) is 28.8. The number of anilines is 4. The van der Waals surface area contributed by atoms with Crippen molar-refractivity contribution in [1.82, 2.24) is 4.90 Å². The van der Waals surface area contributed by atoms with Crippen LogP contribution in [0.2, 0.25) is 0 Å². The van der Waals surface area contributed by atoms with Crippen LogP contribution in [-0.4, -0.2) is 114 Å². The third-order valence-electron chi connectivity index (χ3n) is 17.4. The van der Waals surface area contributed by atoms with E-state index in [0.29, 0.717) is 78.0 Å². The third-order valence-corrected chi connectivity index (χ3v) is 18.9. The van der Waals surface area contributed by atoms with Crippen molar-refractivity contribution in [3.05, 3.63) is 124 Å². The number of ketones is 1. The van der Waals surface area contributed by atoms with Gasteiger partial charge in [-0.3, -0.25) is 38.8 Å². The maximum Gasteiger partial charge on any atom is 0.261 e. The number of thioether (sulfide) groups is 1. The largest absolute Gasteiger partial charge is 0.493 e. The van der Waals surface area contributed by atoms with Gasteiger partial charge in [0.2, 0.25) is 11.8 Å². The number of nitrogens with zero attached hydrogens (tertiary/aromatic N) is 5. The van der Waals surface area contributed by atoms with Gasteiger partial charge in [0, 0.05) is 78.6 Å². The number of fused-ring (bicyclic) bond motifs is 8. The maximum absolute atomic E-state index is 14.3. The molecule has 17 heteroatoms. The fourth-order valence-corrected chi connectivity index (χ4v) is 14.4. The number of hydrogen-bond donors (Lipinski definition) is 2. The fraction of sp³-hybridized carbons (Fsp3) is 0.446. The van der Waals surface area contributed by atoms with E-state index in [9.17, 15) is 29.1 Å². The first kappa shape index (κ1) is 56.5. The molecule has 0 spiro atoms. The first-order chi connectivity index (χ1) is 39.4. The highest BCUT2D eigenvalue weighted by atomic mass is 32.2. The van der Waals surface area contributed by atoms with E-state index in [2.05, 4.69) is 42.3 Å². The standard InChI is InChI=1S/C65H74N6O10S/c1-39(73)43-19-17-40(18-20-43)35-68-60(74)32-59(63(68)77)82-65(4,5)21-12-22-69(64(2,3)38-72)46-24-41(36-80-57-30-51-49(28-55(57)78-6)61(75)70-47(33-66-51)26-44-13-8-10-15-53(44)70)23-42(25-46)37-81-58-31-52-50(29-56(58)79-7)62(76)71-48(34-67-52)27-45-14-9-11-16-54(45)71/h8-11,13-16,23-25,28-31,33,40,43,47-48,59,67,72H,12,17-22,26-27,32,34-38H2,1-7H3/t40?,43?,47-,48-,59?/m0/s1. The SMILES string of the molecule is COc1cc2c(cc1OCc1cc(COc3cc4c(cc3OC)C(=O)N3c5ccccc5C[C@H]3CN4)cc(N(CCCC(C)(C)SC3CC(=O)N(CC4CCC(C(C)=O)CC4)C3=O)C(C)(C)CO)c1)N=C[C@@H]1Cc3ccccc3N1C2=O. The van der Waals surface area contributed by atoms with Crippen LogP contribution in [0, 0.1) is 11.8 Å². The van der Waals surface area contributed by atoms with E-state index in [4.69, 9.17) is 23.9 Å². The van der Waals surface area contributed by atoms with E-state index >= 15 is 0 Å². The van der Waals surface area contributed by atoms with Crippen molar-refractivity contribution in [2.75, 3.05) is 60.5 Å². The Labute approximate surface area is 484 Å². The Morgan fingerprint density at radius 1 is 0.756 bits per heavy atom. The summed E-state index contributed by atoms with van der Waals surface area (Å²) in [5.41, 5.74) is 7.75. The van der Waals surface area contributed by atoms with Gasteiger partial charge in [-0.25, -0.2) is 0 Å². The molecule has 2 fully saturated rings. The highest BCUT2D eigenvalue weighted by Crippen LogP contribution is 2.45. The minimum absolute atomic E-state index is 0.0435. The number of likely N-dealkylation sites (tertiary alicyclic amines) is 1. The van der Waals surface area contributed by atoms with Gasteiger partial charge in [-0.05, 0) is 136 Å². The van der Waals surface area contributed by atoms with Crippen LogP contribution >= 0.6 is 11.8 Å². The molecular weight excluding hydrogens is 1060 g/mol. The van der Waals surface area contributed by atoms with Crippen LogP contribution in [0.4, 0.5) is 28.4 Å². The predicted molar refractivity (Wildman–Crippen MR) is 320 cm³/mol. The summed E-state index contributed by atoms with van der Waals surface area (Å²) in [6.45, 7) is 11.5. The summed E-state index contributed by atoms with van der Waals surface area (Å²) in [4.78, 5) is 79.9. The van der Waals surface area contributed by atoms with Crippen LogP contribution in [0.5, 0.6) is 23.0 Å². The Bertz CT molecular complexity index is 3350. The second-order valence-corrected chi connectivity index (χ2v) is 25.9. The van der Waals surface area contributed by atoms with Gasteiger partial charge in [0.1, 0.15) is 19.0 Å². The fourth-order valence-electron chi connectivity index (χ4n) is 12.9. The summed E-state index contributed by atoms with van der Waals surface area (Å²) < 4.78 is 24.8. The molecule has 3 atom stereocenters. The van der Waals surface area contributed by atoms with E-state index in [1.165, 1.54) is 4.90 Å². The van der Waals surface area contributed by atoms with E-state index in [1.54, 1.807) is 56.0 Å². The number of nitrogens with one attached hydrogen (secondary N) is 1. The number of ether oxygens (including phenoxy) is 4. The molecule has 1 saturated carbocycles. The lowest BCUT2D eigenvalue weighted by molar-refractivity contribution is -0.139. The number of Topliss-reactive ketones (excluding diaryl/α,β-unsaturated/α-hetero) is 1. The number of aliphatic imine (C=N–C) groups is 1. The molecule has 0 bridgehead atoms. The quantitative estimate of drug-likeness (QED) is 0.0704. The van der Waals surface area contributed by atoms with Crippen LogP contribution in [0.25, 0.3) is 0 Å². The molecule has 1 aliphatic carbocycles. The van der Waals surface area contributed by atoms with E-state index in [1.807, 2.05) is 79.6 Å². The van der Waals surface area contributed by atoms with Gasteiger partial charge in [0.15, 0.2) is 23.0 Å². The van der Waals surface area contributed by atoms with Gasteiger partial charge in [0.05, 0.1) is 66.2 Å². The number of benzene rings is 5. The lowest BCUT2D eigenvalue weighted by Crippen LogP contribution is -2.48. The van der Waals surface area contributed by atoms with E-state index in [-0.39, 0.29) is 84.3 Å². The number of amides is 4. The number of hydrogen-bond acceptors (Lipinski definition) is 14. The smallest absolute Gasteiger partial charge is 0.261 e. The lowest BCUT2D eigenvalue weighted by Gasteiger charge is -2.40. The van der Waals surface area contributed by atoms with Gasteiger partial charge >= 0.3 is 0 Å². The number of imide groups is 1. The Hall–Kier alpha value is -7.37. The van der Waals surface area contributed by atoms with Gasteiger partial charge in [-0.1, -0.05) is 50.2 Å². The molecule has 4 amide bonds. The number of methoxy groups -OCH3 is 2. The van der Waals surface area contributed by atoms with Gasteiger partial charge in [0.25, 0.3) is 11.8 Å². The number of carbonyl (C=O) groups excluding carboxylic acids is 5. The molecule has 0 radical (unpaired) electrons. The molecular formula is C65H74N6O10S. The molecule has 16 nitrogen and oxygen atoms in total. The molecule has 0 aromatic heterocycles. The molecule has 430 valence electrons. The zero-order chi connectivity index (χ0) is 57.6. The van der Waals surface area contributed by atoms with Crippen molar-refractivity contribution >= 4 is 75.8 Å². The van der Waals surface area contributed by atoms with Crippen molar-refractivity contribution in [3.8, 4) is 23.0 Å². The summed E-state index contributed by atoms with van der Waals surface area (Å²) in [6, 6.07) is 28.9. The number of carbonyl (C=O) groups is 5. The van der Waals surface area contributed by atoms with Crippen LogP contribution in [-0.2, 0) is 40.4 Å². The molecule has 5 aromatic carbocycles. The minimum atomic E-state index is -0.736. The molecule has 82 heavy (non-hydrogen) atoms. The maximum atomic E-state index is 14.3. The topological polar surface area (TPSA) is 180 Å². The van der Waals surface area contributed by atoms with Crippen molar-refractivity contribution in [2.24, 2.45) is 16.8 Å². The van der Waals surface area contributed by atoms with Gasteiger partial charge < -0.3 is 39.2 Å². The second-order valence-electron chi connectivity index (χ2n) is 24.0. The molecule has 2 N–H and O–H groups in total. The zero-order valence-electron chi connectivity index (χ0n) is 48.0. The number of para-hydroxylation sites is 2. The van der Waals surface area contributed by atoms with E-state index < -0.39 is 10.8 Å².